The van der Waals surface area contributed by atoms with E-state index in [1.165, 1.54) is 6.92 Å². The summed E-state index contributed by atoms with van der Waals surface area (Å²) in [6.07, 6.45) is 0.403. The van der Waals surface area contributed by atoms with Gasteiger partial charge in [-0.05, 0) is 49.4 Å². The van der Waals surface area contributed by atoms with Crippen LogP contribution in [0.4, 0.5) is 5.69 Å². The zero-order chi connectivity index (χ0) is 19.7. The summed E-state index contributed by atoms with van der Waals surface area (Å²) < 4.78 is 2.02. The van der Waals surface area contributed by atoms with Crippen LogP contribution in [-0.4, -0.2) is 23.3 Å². The number of anilines is 1. The average molecular weight is 359 g/mol. The Morgan fingerprint density at radius 1 is 1.15 bits per heavy atom. The molecule has 136 valence electrons. The number of amides is 1. The molecule has 0 N–H and O–H groups in total. The lowest BCUT2D eigenvalue weighted by Gasteiger charge is -2.15. The molecule has 0 aliphatic carbocycles. The summed E-state index contributed by atoms with van der Waals surface area (Å²) in [5, 5.41) is 9.86. The van der Waals surface area contributed by atoms with E-state index in [4.69, 9.17) is 5.26 Å². The lowest BCUT2D eigenvalue weighted by Crippen LogP contribution is -2.22. The minimum atomic E-state index is -0.0686. The SMILES string of the molecule is CCC(=O)c1c(C)n(-c2ccc(C#N)cc2)c2ccc(N(C)C(C)=O)cc12. The van der Waals surface area contributed by atoms with Gasteiger partial charge in [0.15, 0.2) is 5.78 Å². The molecule has 0 radical (unpaired) electrons. The molecular weight excluding hydrogens is 338 g/mol. The summed E-state index contributed by atoms with van der Waals surface area (Å²) in [5.74, 6) is -0.00603. The summed E-state index contributed by atoms with van der Waals surface area (Å²) in [6.45, 7) is 5.28. The van der Waals surface area contributed by atoms with E-state index < -0.39 is 0 Å². The fraction of sp³-hybridized carbons (Fsp3) is 0.227. The number of ketones is 1. The van der Waals surface area contributed by atoms with E-state index in [9.17, 15) is 9.59 Å². The van der Waals surface area contributed by atoms with Crippen molar-refractivity contribution >= 4 is 28.3 Å². The molecule has 0 atom stereocenters. The number of aromatic nitrogens is 1. The Morgan fingerprint density at radius 3 is 2.37 bits per heavy atom. The predicted molar refractivity (Wildman–Crippen MR) is 106 cm³/mol. The molecule has 2 aromatic carbocycles. The first-order chi connectivity index (χ1) is 12.9. The van der Waals surface area contributed by atoms with Gasteiger partial charge in [-0.3, -0.25) is 9.59 Å². The van der Waals surface area contributed by atoms with Gasteiger partial charge in [0, 0.05) is 48.4 Å². The van der Waals surface area contributed by atoms with Crippen molar-refractivity contribution in [3.8, 4) is 11.8 Å². The minimum absolute atomic E-state index is 0.0625. The molecule has 3 aromatic rings. The normalized spacial score (nSPS) is 10.6. The highest BCUT2D eigenvalue weighted by atomic mass is 16.2. The number of carbonyl (C=O) groups excluding carboxylic acids is 2. The maximum Gasteiger partial charge on any atom is 0.223 e. The highest BCUT2D eigenvalue weighted by Gasteiger charge is 2.21. The van der Waals surface area contributed by atoms with Gasteiger partial charge in [-0.1, -0.05) is 6.92 Å². The van der Waals surface area contributed by atoms with Crippen molar-refractivity contribution in [1.29, 1.82) is 5.26 Å². The van der Waals surface area contributed by atoms with E-state index in [0.717, 1.165) is 28.0 Å². The molecule has 0 spiro atoms. The highest BCUT2D eigenvalue weighted by molar-refractivity contribution is 6.11. The smallest absolute Gasteiger partial charge is 0.223 e. The second-order valence-corrected chi connectivity index (χ2v) is 6.51. The van der Waals surface area contributed by atoms with Gasteiger partial charge in [-0.25, -0.2) is 0 Å². The van der Waals surface area contributed by atoms with Crippen LogP contribution in [0.25, 0.3) is 16.6 Å². The Labute approximate surface area is 158 Å². The monoisotopic (exact) mass is 359 g/mol. The van der Waals surface area contributed by atoms with Gasteiger partial charge in [0.05, 0.1) is 17.1 Å². The number of rotatable bonds is 4. The van der Waals surface area contributed by atoms with Gasteiger partial charge in [0.25, 0.3) is 0 Å². The first-order valence-electron chi connectivity index (χ1n) is 8.82. The summed E-state index contributed by atoms with van der Waals surface area (Å²) >= 11 is 0. The highest BCUT2D eigenvalue weighted by Crippen LogP contribution is 2.33. The molecule has 5 nitrogen and oxygen atoms in total. The van der Waals surface area contributed by atoms with Crippen LogP contribution in [0.1, 0.15) is 41.9 Å². The molecule has 0 bridgehead atoms. The third-order valence-corrected chi connectivity index (χ3v) is 4.90. The Balaban J connectivity index is 2.31. The van der Waals surface area contributed by atoms with Crippen molar-refractivity contribution in [3.63, 3.8) is 0 Å². The number of carbonyl (C=O) groups is 2. The topological polar surface area (TPSA) is 66.1 Å². The number of Topliss-reactive ketones (excluding diaryl/α,β-unsaturated/α-hetero) is 1. The number of hydrogen-bond acceptors (Lipinski definition) is 3. The first kappa shape index (κ1) is 18.4. The van der Waals surface area contributed by atoms with Crippen molar-refractivity contribution in [2.75, 3.05) is 11.9 Å². The van der Waals surface area contributed by atoms with Gasteiger partial charge in [-0.15, -0.1) is 0 Å². The van der Waals surface area contributed by atoms with Crippen LogP contribution in [0.5, 0.6) is 0 Å². The van der Waals surface area contributed by atoms with Crippen molar-refractivity contribution in [3.05, 3.63) is 59.3 Å². The third-order valence-electron chi connectivity index (χ3n) is 4.90. The third kappa shape index (κ3) is 3.11. The van der Waals surface area contributed by atoms with Gasteiger partial charge >= 0.3 is 0 Å². The molecule has 1 amide bonds. The number of fused-ring (bicyclic) bond motifs is 1. The van der Waals surface area contributed by atoms with Crippen LogP contribution in [0, 0.1) is 18.3 Å². The predicted octanol–water partition coefficient (Wildman–Crippen LogP) is 4.39. The van der Waals surface area contributed by atoms with Gasteiger partial charge in [0.1, 0.15) is 0 Å². The van der Waals surface area contributed by atoms with Crippen LogP contribution in [0.3, 0.4) is 0 Å². The standard InChI is InChI=1S/C22H21N3O2/c1-5-21(27)22-14(2)25(17-8-6-16(13-23)7-9-17)20-11-10-18(12-19(20)22)24(4)15(3)26/h6-12H,5H2,1-4H3. The van der Waals surface area contributed by atoms with Crippen LogP contribution < -0.4 is 4.90 Å². The Morgan fingerprint density at radius 2 is 1.81 bits per heavy atom. The van der Waals surface area contributed by atoms with Crippen molar-refractivity contribution in [1.82, 2.24) is 4.57 Å². The second-order valence-electron chi connectivity index (χ2n) is 6.51. The maximum atomic E-state index is 12.7. The number of hydrogen-bond donors (Lipinski definition) is 0. The zero-order valence-corrected chi connectivity index (χ0v) is 15.9. The van der Waals surface area contributed by atoms with Crippen LogP contribution >= 0.6 is 0 Å². The molecule has 1 aromatic heterocycles. The molecular formula is C22H21N3O2. The molecule has 27 heavy (non-hydrogen) atoms. The Kier molecular flexibility index (Phi) is 4.83. The lowest BCUT2D eigenvalue weighted by atomic mass is 10.0. The molecule has 0 fully saturated rings. The lowest BCUT2D eigenvalue weighted by molar-refractivity contribution is -0.116. The van der Waals surface area contributed by atoms with E-state index in [1.54, 1.807) is 24.1 Å². The van der Waals surface area contributed by atoms with E-state index in [1.807, 2.05) is 48.7 Å². The molecule has 1 heterocycles. The molecule has 0 aliphatic heterocycles. The van der Waals surface area contributed by atoms with E-state index in [0.29, 0.717) is 17.5 Å². The number of nitrogens with zero attached hydrogens (tertiary/aromatic N) is 3. The molecule has 0 aliphatic rings. The molecule has 0 saturated carbocycles. The average Bonchev–Trinajstić information content (AvgIpc) is 2.97. The van der Waals surface area contributed by atoms with Gasteiger partial charge in [0.2, 0.25) is 5.91 Å². The van der Waals surface area contributed by atoms with Crippen molar-refractivity contribution in [2.45, 2.75) is 27.2 Å². The quantitative estimate of drug-likeness (QED) is 0.649. The Bertz CT molecular complexity index is 1090. The summed E-state index contributed by atoms with van der Waals surface area (Å²) in [4.78, 5) is 26.0. The van der Waals surface area contributed by atoms with Crippen LogP contribution in [-0.2, 0) is 4.79 Å². The molecule has 0 unspecified atom stereocenters. The Hall–Kier alpha value is -3.39. The van der Waals surface area contributed by atoms with Crippen LogP contribution in [0.15, 0.2) is 42.5 Å². The summed E-state index contributed by atoms with van der Waals surface area (Å²) in [7, 11) is 1.72. The summed E-state index contributed by atoms with van der Waals surface area (Å²) in [6, 6.07) is 15.1. The number of benzene rings is 2. The van der Waals surface area contributed by atoms with Gasteiger partial charge < -0.3 is 9.47 Å². The largest absolute Gasteiger partial charge is 0.316 e. The first-order valence-corrected chi connectivity index (χ1v) is 8.82. The zero-order valence-electron chi connectivity index (χ0n) is 15.9. The minimum Gasteiger partial charge on any atom is -0.316 e. The van der Waals surface area contributed by atoms with E-state index in [2.05, 4.69) is 6.07 Å². The molecule has 5 heteroatoms. The number of nitriles is 1. The fourth-order valence-corrected chi connectivity index (χ4v) is 3.34. The summed E-state index contributed by atoms with van der Waals surface area (Å²) in [5.41, 5.74) is 4.65. The molecule has 3 rings (SSSR count). The van der Waals surface area contributed by atoms with Gasteiger partial charge in [-0.2, -0.15) is 5.26 Å². The van der Waals surface area contributed by atoms with Crippen LogP contribution in [0.2, 0.25) is 0 Å². The fourth-order valence-electron chi connectivity index (χ4n) is 3.34. The van der Waals surface area contributed by atoms with E-state index in [-0.39, 0.29) is 11.7 Å². The molecule has 0 saturated heterocycles. The van der Waals surface area contributed by atoms with Crippen molar-refractivity contribution < 1.29 is 9.59 Å². The van der Waals surface area contributed by atoms with E-state index >= 15 is 0 Å². The maximum absolute atomic E-state index is 12.7. The van der Waals surface area contributed by atoms with Crippen molar-refractivity contribution in [2.24, 2.45) is 0 Å². The second kappa shape index (κ2) is 7.08.